The summed E-state index contributed by atoms with van der Waals surface area (Å²) in [6, 6.07) is 16.5. The van der Waals surface area contributed by atoms with E-state index in [1.807, 2.05) is 42.5 Å². The molecule has 0 atom stereocenters. The van der Waals surface area contributed by atoms with E-state index in [0.717, 1.165) is 10.5 Å². The molecule has 0 saturated heterocycles. The third kappa shape index (κ3) is 3.83. The lowest BCUT2D eigenvalue weighted by Gasteiger charge is -2.13. The van der Waals surface area contributed by atoms with Crippen molar-refractivity contribution in [3.63, 3.8) is 0 Å². The molecule has 0 unspecified atom stereocenters. The van der Waals surface area contributed by atoms with Crippen molar-refractivity contribution < 1.29 is 14.4 Å². The van der Waals surface area contributed by atoms with Gasteiger partial charge < -0.3 is 5.32 Å². The van der Waals surface area contributed by atoms with Gasteiger partial charge in [0.05, 0.1) is 11.1 Å². The summed E-state index contributed by atoms with van der Waals surface area (Å²) >= 11 is 0. The fourth-order valence-electron chi connectivity index (χ4n) is 2.66. The lowest BCUT2D eigenvalue weighted by atomic mass is 10.1. The highest BCUT2D eigenvalue weighted by atomic mass is 16.2. The number of amides is 3. The first-order chi connectivity index (χ1) is 12.2. The van der Waals surface area contributed by atoms with E-state index in [1.165, 1.54) is 0 Å². The molecule has 1 N–H and O–H groups in total. The van der Waals surface area contributed by atoms with Crippen LogP contribution in [0.25, 0.3) is 6.08 Å². The monoisotopic (exact) mass is 334 g/mol. The number of hydrogen-bond donors (Lipinski definition) is 1. The summed E-state index contributed by atoms with van der Waals surface area (Å²) in [5, 5.41) is 2.73. The topological polar surface area (TPSA) is 66.5 Å². The molecule has 3 rings (SSSR count). The molecule has 0 bridgehead atoms. The van der Waals surface area contributed by atoms with E-state index in [1.54, 1.807) is 24.3 Å². The van der Waals surface area contributed by atoms with Crippen molar-refractivity contribution in [1.29, 1.82) is 0 Å². The van der Waals surface area contributed by atoms with Crippen LogP contribution in [0.15, 0.2) is 60.7 Å². The van der Waals surface area contributed by atoms with E-state index in [0.29, 0.717) is 24.1 Å². The minimum Gasteiger partial charge on any atom is -0.354 e. The molecule has 0 saturated carbocycles. The van der Waals surface area contributed by atoms with Crippen molar-refractivity contribution in [2.24, 2.45) is 0 Å². The molecule has 0 fully saturated rings. The minimum atomic E-state index is -0.417. The molecule has 2 aromatic rings. The van der Waals surface area contributed by atoms with Crippen molar-refractivity contribution in [3.8, 4) is 0 Å². The van der Waals surface area contributed by atoms with Crippen molar-refractivity contribution in [2.45, 2.75) is 6.42 Å². The molecular formula is C20H18N2O3. The van der Waals surface area contributed by atoms with Crippen molar-refractivity contribution in [2.75, 3.05) is 13.1 Å². The van der Waals surface area contributed by atoms with Crippen LogP contribution in [0.3, 0.4) is 0 Å². The molecule has 1 heterocycles. The second kappa shape index (κ2) is 7.57. The number of rotatable bonds is 6. The van der Waals surface area contributed by atoms with Crippen molar-refractivity contribution >= 4 is 23.8 Å². The molecule has 0 spiro atoms. The lowest BCUT2D eigenvalue weighted by molar-refractivity contribution is -0.121. The zero-order chi connectivity index (χ0) is 17.6. The molecule has 25 heavy (non-hydrogen) atoms. The highest BCUT2D eigenvalue weighted by Crippen LogP contribution is 2.21. The molecular weight excluding hydrogens is 316 g/mol. The summed E-state index contributed by atoms with van der Waals surface area (Å²) in [5.41, 5.74) is 1.80. The summed E-state index contributed by atoms with van der Waals surface area (Å²) in [7, 11) is 0. The standard InChI is InChI=1S/C20H18N2O3/c23-18(21-13-7-6-10-15-8-2-1-3-9-15)14-22-19(24)16-11-4-5-12-17(16)20(22)25/h1-6,8-12H,7,13-14H2,(H,21,23)/b10-6+. The Kier molecular flexibility index (Phi) is 5.04. The van der Waals surface area contributed by atoms with Gasteiger partial charge in [-0.25, -0.2) is 0 Å². The van der Waals surface area contributed by atoms with Crippen LogP contribution >= 0.6 is 0 Å². The number of imide groups is 1. The molecule has 1 aliphatic heterocycles. The van der Waals surface area contributed by atoms with Crippen LogP contribution in [0, 0.1) is 0 Å². The first kappa shape index (κ1) is 16.6. The van der Waals surface area contributed by atoms with Gasteiger partial charge in [-0.2, -0.15) is 0 Å². The number of carbonyl (C=O) groups is 3. The van der Waals surface area contributed by atoms with Crippen molar-refractivity contribution in [3.05, 3.63) is 77.4 Å². The average Bonchev–Trinajstić information content (AvgIpc) is 2.88. The van der Waals surface area contributed by atoms with Crippen LogP contribution in [-0.4, -0.2) is 35.7 Å². The Morgan fingerprint density at radius 2 is 1.52 bits per heavy atom. The van der Waals surface area contributed by atoms with Gasteiger partial charge in [0.25, 0.3) is 11.8 Å². The number of hydrogen-bond acceptors (Lipinski definition) is 3. The number of nitrogens with one attached hydrogen (secondary N) is 1. The maximum atomic E-state index is 12.2. The highest BCUT2D eigenvalue weighted by molar-refractivity contribution is 6.22. The normalized spacial score (nSPS) is 13.4. The first-order valence-corrected chi connectivity index (χ1v) is 8.10. The first-order valence-electron chi connectivity index (χ1n) is 8.10. The Balaban J connectivity index is 1.47. The predicted molar refractivity (Wildman–Crippen MR) is 94.9 cm³/mol. The number of carbonyl (C=O) groups excluding carboxylic acids is 3. The predicted octanol–water partition coefficient (Wildman–Crippen LogP) is 2.50. The van der Waals surface area contributed by atoms with Crippen molar-refractivity contribution in [1.82, 2.24) is 10.2 Å². The SMILES string of the molecule is O=C(CN1C(=O)c2ccccc2C1=O)NCC/C=C/c1ccccc1. The summed E-state index contributed by atoms with van der Waals surface area (Å²) in [4.78, 5) is 37.4. The molecule has 2 aromatic carbocycles. The number of benzene rings is 2. The average molecular weight is 334 g/mol. The van der Waals surface area contributed by atoms with Crippen LogP contribution < -0.4 is 5.32 Å². The van der Waals surface area contributed by atoms with Crippen LogP contribution in [0.4, 0.5) is 0 Å². The van der Waals surface area contributed by atoms with Crippen LogP contribution in [-0.2, 0) is 4.79 Å². The lowest BCUT2D eigenvalue weighted by Crippen LogP contribution is -2.40. The Bertz CT molecular complexity index is 793. The Labute approximate surface area is 146 Å². The largest absolute Gasteiger partial charge is 0.354 e. The van der Waals surface area contributed by atoms with E-state index in [2.05, 4.69) is 5.32 Å². The molecule has 3 amide bonds. The fraction of sp³-hybridized carbons (Fsp3) is 0.150. The van der Waals surface area contributed by atoms with Gasteiger partial charge in [0, 0.05) is 6.54 Å². The molecule has 0 aromatic heterocycles. The zero-order valence-corrected chi connectivity index (χ0v) is 13.6. The van der Waals surface area contributed by atoms with E-state index in [9.17, 15) is 14.4 Å². The second-order valence-corrected chi connectivity index (χ2v) is 5.69. The van der Waals surface area contributed by atoms with Gasteiger partial charge >= 0.3 is 0 Å². The fourth-order valence-corrected chi connectivity index (χ4v) is 2.66. The maximum absolute atomic E-state index is 12.2. The number of fused-ring (bicyclic) bond motifs is 1. The smallest absolute Gasteiger partial charge is 0.262 e. The number of nitrogens with zero attached hydrogens (tertiary/aromatic N) is 1. The highest BCUT2D eigenvalue weighted by Gasteiger charge is 2.35. The molecule has 1 aliphatic rings. The third-order valence-electron chi connectivity index (χ3n) is 3.92. The Morgan fingerprint density at radius 1 is 0.920 bits per heavy atom. The van der Waals surface area contributed by atoms with E-state index < -0.39 is 11.8 Å². The minimum absolute atomic E-state index is 0.255. The Hall–Kier alpha value is -3.21. The van der Waals surface area contributed by atoms with E-state index in [-0.39, 0.29) is 12.5 Å². The molecule has 5 nitrogen and oxygen atoms in total. The molecule has 5 heteroatoms. The van der Waals surface area contributed by atoms with E-state index in [4.69, 9.17) is 0 Å². The zero-order valence-electron chi connectivity index (χ0n) is 13.6. The van der Waals surface area contributed by atoms with Gasteiger partial charge in [0.2, 0.25) is 5.91 Å². The van der Waals surface area contributed by atoms with Gasteiger partial charge in [-0.05, 0) is 24.1 Å². The van der Waals surface area contributed by atoms with Gasteiger partial charge in [-0.3, -0.25) is 19.3 Å². The maximum Gasteiger partial charge on any atom is 0.262 e. The van der Waals surface area contributed by atoms with Crippen LogP contribution in [0.1, 0.15) is 32.7 Å². The van der Waals surface area contributed by atoms with Crippen LogP contribution in [0.2, 0.25) is 0 Å². The Morgan fingerprint density at radius 3 is 2.16 bits per heavy atom. The second-order valence-electron chi connectivity index (χ2n) is 5.69. The third-order valence-corrected chi connectivity index (χ3v) is 3.92. The molecule has 0 aliphatic carbocycles. The summed E-state index contributed by atoms with van der Waals surface area (Å²) < 4.78 is 0. The van der Waals surface area contributed by atoms with Gasteiger partial charge in [0.1, 0.15) is 6.54 Å². The molecule has 126 valence electrons. The summed E-state index contributed by atoms with van der Waals surface area (Å²) in [5.74, 6) is -1.18. The van der Waals surface area contributed by atoms with Gasteiger partial charge in [0.15, 0.2) is 0 Å². The van der Waals surface area contributed by atoms with Gasteiger partial charge in [-0.15, -0.1) is 0 Å². The van der Waals surface area contributed by atoms with Crippen LogP contribution in [0.5, 0.6) is 0 Å². The molecule has 0 radical (unpaired) electrons. The van der Waals surface area contributed by atoms with Gasteiger partial charge in [-0.1, -0.05) is 54.6 Å². The quantitative estimate of drug-likeness (QED) is 0.652. The van der Waals surface area contributed by atoms with E-state index >= 15 is 0 Å². The summed E-state index contributed by atoms with van der Waals surface area (Å²) in [6.07, 6.45) is 4.62. The summed E-state index contributed by atoms with van der Waals surface area (Å²) in [6.45, 7) is 0.195.